The van der Waals surface area contributed by atoms with E-state index >= 15 is 0 Å². The summed E-state index contributed by atoms with van der Waals surface area (Å²) in [5, 5.41) is 3.09. The molecule has 2 rings (SSSR count). The number of amides is 1. The zero-order valence-corrected chi connectivity index (χ0v) is 11.9. The number of hydrogen-bond acceptors (Lipinski definition) is 2. The van der Waals surface area contributed by atoms with Crippen molar-refractivity contribution < 1.29 is 4.79 Å². The lowest BCUT2D eigenvalue weighted by molar-refractivity contribution is -0.123. The van der Waals surface area contributed by atoms with Gasteiger partial charge in [0.05, 0.1) is 0 Å². The van der Waals surface area contributed by atoms with Gasteiger partial charge in [0.25, 0.3) is 0 Å². The van der Waals surface area contributed by atoms with Gasteiger partial charge in [-0.2, -0.15) is 0 Å². The van der Waals surface area contributed by atoms with Crippen molar-refractivity contribution in [3.8, 4) is 0 Å². The Morgan fingerprint density at radius 1 is 1.26 bits per heavy atom. The highest BCUT2D eigenvalue weighted by molar-refractivity contribution is 5.83. The van der Waals surface area contributed by atoms with Gasteiger partial charge in [-0.05, 0) is 36.7 Å². The maximum atomic E-state index is 12.1. The quantitative estimate of drug-likeness (QED) is 0.878. The van der Waals surface area contributed by atoms with E-state index in [-0.39, 0.29) is 11.9 Å². The maximum Gasteiger partial charge on any atom is 0.241 e. The van der Waals surface area contributed by atoms with Gasteiger partial charge in [0.1, 0.15) is 6.04 Å². The second kappa shape index (κ2) is 5.74. The molecule has 1 unspecified atom stereocenters. The lowest BCUT2D eigenvalue weighted by Gasteiger charge is -2.35. The van der Waals surface area contributed by atoms with E-state index in [0.717, 1.165) is 18.4 Å². The fourth-order valence-corrected chi connectivity index (χ4v) is 2.65. The van der Waals surface area contributed by atoms with Crippen LogP contribution in [0.3, 0.4) is 0 Å². The fraction of sp³-hybridized carbons (Fsp3) is 0.562. The number of nitrogens with one attached hydrogen (secondary N) is 1. The Labute approximate surface area is 115 Å². The van der Waals surface area contributed by atoms with Crippen LogP contribution < -0.4 is 11.1 Å². The van der Waals surface area contributed by atoms with Crippen LogP contribution >= 0.6 is 0 Å². The molecule has 19 heavy (non-hydrogen) atoms. The SMILES string of the molecule is CC1(C)CCC(NC(=O)C(N)c2ccccc2)CC1. The van der Waals surface area contributed by atoms with Gasteiger partial charge < -0.3 is 11.1 Å². The third-order valence-electron chi connectivity index (χ3n) is 4.13. The van der Waals surface area contributed by atoms with E-state index < -0.39 is 6.04 Å². The predicted octanol–water partition coefficient (Wildman–Crippen LogP) is 2.77. The molecule has 0 aromatic heterocycles. The highest BCUT2D eigenvalue weighted by Gasteiger charge is 2.28. The lowest BCUT2D eigenvalue weighted by Crippen LogP contribution is -2.43. The summed E-state index contributed by atoms with van der Waals surface area (Å²) in [4.78, 5) is 12.1. The zero-order chi connectivity index (χ0) is 13.9. The molecule has 0 saturated heterocycles. The molecule has 0 aliphatic heterocycles. The van der Waals surface area contributed by atoms with Crippen molar-refractivity contribution in [2.45, 2.75) is 51.6 Å². The number of rotatable bonds is 3. The van der Waals surface area contributed by atoms with Gasteiger partial charge in [-0.15, -0.1) is 0 Å². The van der Waals surface area contributed by atoms with Crippen LogP contribution in [0.1, 0.15) is 51.1 Å². The first-order valence-electron chi connectivity index (χ1n) is 7.09. The summed E-state index contributed by atoms with van der Waals surface area (Å²) in [6.45, 7) is 4.58. The monoisotopic (exact) mass is 260 g/mol. The number of carbonyl (C=O) groups excluding carboxylic acids is 1. The van der Waals surface area contributed by atoms with E-state index in [2.05, 4.69) is 19.2 Å². The molecule has 1 saturated carbocycles. The summed E-state index contributed by atoms with van der Waals surface area (Å²) in [6.07, 6.45) is 4.44. The molecule has 104 valence electrons. The summed E-state index contributed by atoms with van der Waals surface area (Å²) in [5.41, 5.74) is 7.29. The van der Waals surface area contributed by atoms with Gasteiger partial charge in [0.2, 0.25) is 5.91 Å². The third kappa shape index (κ3) is 3.80. The van der Waals surface area contributed by atoms with Crippen LogP contribution in [-0.4, -0.2) is 11.9 Å². The molecule has 0 radical (unpaired) electrons. The van der Waals surface area contributed by atoms with E-state index in [0.29, 0.717) is 5.41 Å². The molecule has 0 heterocycles. The minimum atomic E-state index is -0.559. The molecule has 3 heteroatoms. The lowest BCUT2D eigenvalue weighted by atomic mass is 9.75. The van der Waals surface area contributed by atoms with Crippen LogP contribution in [-0.2, 0) is 4.79 Å². The Bertz CT molecular complexity index is 418. The average Bonchev–Trinajstić information content (AvgIpc) is 2.41. The van der Waals surface area contributed by atoms with Crippen molar-refractivity contribution in [2.75, 3.05) is 0 Å². The molecule has 0 bridgehead atoms. The third-order valence-corrected chi connectivity index (χ3v) is 4.13. The van der Waals surface area contributed by atoms with Gasteiger partial charge in [-0.3, -0.25) is 4.79 Å². The summed E-state index contributed by atoms with van der Waals surface area (Å²) in [6, 6.07) is 9.27. The van der Waals surface area contributed by atoms with Gasteiger partial charge >= 0.3 is 0 Å². The van der Waals surface area contributed by atoms with Crippen molar-refractivity contribution in [3.63, 3.8) is 0 Å². The highest BCUT2D eigenvalue weighted by atomic mass is 16.2. The van der Waals surface area contributed by atoms with Crippen LogP contribution in [0.4, 0.5) is 0 Å². The van der Waals surface area contributed by atoms with Crippen molar-refractivity contribution in [3.05, 3.63) is 35.9 Å². The van der Waals surface area contributed by atoms with Crippen LogP contribution in [0, 0.1) is 5.41 Å². The standard InChI is InChI=1S/C16H24N2O/c1-16(2)10-8-13(9-11-16)18-15(19)14(17)12-6-4-3-5-7-12/h3-7,13-14H,8-11,17H2,1-2H3,(H,18,19). The van der Waals surface area contributed by atoms with E-state index in [1.807, 2.05) is 30.3 Å². The second-order valence-electron chi connectivity index (χ2n) is 6.34. The Kier molecular flexibility index (Phi) is 4.25. The van der Waals surface area contributed by atoms with E-state index in [1.165, 1.54) is 12.8 Å². The van der Waals surface area contributed by atoms with Crippen LogP contribution in [0.5, 0.6) is 0 Å². The molecule has 1 fully saturated rings. The van der Waals surface area contributed by atoms with Crippen molar-refractivity contribution in [1.29, 1.82) is 0 Å². The average molecular weight is 260 g/mol. The Morgan fingerprint density at radius 3 is 2.42 bits per heavy atom. The molecule has 1 aliphatic rings. The molecule has 1 aromatic carbocycles. The van der Waals surface area contributed by atoms with Crippen LogP contribution in [0.15, 0.2) is 30.3 Å². The van der Waals surface area contributed by atoms with E-state index in [4.69, 9.17) is 5.73 Å². The van der Waals surface area contributed by atoms with Gasteiger partial charge in [0.15, 0.2) is 0 Å². The summed E-state index contributed by atoms with van der Waals surface area (Å²) >= 11 is 0. The molecule has 1 atom stereocenters. The molecule has 3 N–H and O–H groups in total. The smallest absolute Gasteiger partial charge is 0.241 e. The van der Waals surface area contributed by atoms with Gasteiger partial charge in [-0.1, -0.05) is 44.2 Å². The number of benzene rings is 1. The first kappa shape index (κ1) is 14.1. The number of nitrogens with two attached hydrogens (primary N) is 1. The Hall–Kier alpha value is -1.35. The fourth-order valence-electron chi connectivity index (χ4n) is 2.65. The largest absolute Gasteiger partial charge is 0.352 e. The maximum absolute atomic E-state index is 12.1. The van der Waals surface area contributed by atoms with Crippen molar-refractivity contribution >= 4 is 5.91 Å². The van der Waals surface area contributed by atoms with Crippen molar-refractivity contribution in [1.82, 2.24) is 5.32 Å². The molecule has 3 nitrogen and oxygen atoms in total. The molecule has 1 amide bonds. The van der Waals surface area contributed by atoms with E-state index in [1.54, 1.807) is 0 Å². The predicted molar refractivity (Wildman–Crippen MR) is 77.6 cm³/mol. The Balaban J connectivity index is 1.88. The summed E-state index contributed by atoms with van der Waals surface area (Å²) in [5.74, 6) is -0.0593. The molecule has 1 aliphatic carbocycles. The normalized spacial score (nSPS) is 20.8. The molecule has 1 aromatic rings. The number of hydrogen-bond donors (Lipinski definition) is 2. The summed E-state index contributed by atoms with van der Waals surface area (Å²) < 4.78 is 0. The Morgan fingerprint density at radius 2 is 1.84 bits per heavy atom. The van der Waals surface area contributed by atoms with Crippen LogP contribution in [0.2, 0.25) is 0 Å². The highest BCUT2D eigenvalue weighted by Crippen LogP contribution is 2.35. The van der Waals surface area contributed by atoms with Gasteiger partial charge in [0, 0.05) is 6.04 Å². The topological polar surface area (TPSA) is 55.1 Å². The van der Waals surface area contributed by atoms with Gasteiger partial charge in [-0.25, -0.2) is 0 Å². The molecular formula is C16H24N2O. The first-order chi connectivity index (χ1) is 8.98. The molecular weight excluding hydrogens is 236 g/mol. The zero-order valence-electron chi connectivity index (χ0n) is 11.9. The van der Waals surface area contributed by atoms with E-state index in [9.17, 15) is 4.79 Å². The van der Waals surface area contributed by atoms with Crippen molar-refractivity contribution in [2.24, 2.45) is 11.1 Å². The van der Waals surface area contributed by atoms with Crippen LogP contribution in [0.25, 0.3) is 0 Å². The second-order valence-corrected chi connectivity index (χ2v) is 6.34. The minimum Gasteiger partial charge on any atom is -0.352 e. The first-order valence-corrected chi connectivity index (χ1v) is 7.09. The minimum absolute atomic E-state index is 0.0593. The summed E-state index contributed by atoms with van der Waals surface area (Å²) in [7, 11) is 0. The number of carbonyl (C=O) groups is 1. The molecule has 0 spiro atoms.